The van der Waals surface area contributed by atoms with Gasteiger partial charge in [0.25, 0.3) is 0 Å². The third kappa shape index (κ3) is 3.33. The van der Waals surface area contributed by atoms with Crippen LogP contribution in [0.3, 0.4) is 0 Å². The minimum atomic E-state index is 0.818. The Balaban J connectivity index is 1.84. The number of nitrogens with one attached hydrogen (secondary N) is 1. The van der Waals surface area contributed by atoms with Crippen LogP contribution in [0, 0.1) is 0 Å². The predicted molar refractivity (Wildman–Crippen MR) is 73.4 cm³/mol. The minimum Gasteiger partial charge on any atom is -0.399 e. The van der Waals surface area contributed by atoms with E-state index < -0.39 is 0 Å². The molecule has 1 aromatic heterocycles. The number of nitrogens with two attached hydrogens (primary N) is 1. The van der Waals surface area contributed by atoms with E-state index in [9.17, 15) is 0 Å². The van der Waals surface area contributed by atoms with Crippen LogP contribution in [-0.4, -0.2) is 0 Å². The zero-order valence-electron chi connectivity index (χ0n) is 8.74. The van der Waals surface area contributed by atoms with E-state index in [1.807, 2.05) is 18.2 Å². The second kappa shape index (κ2) is 5.48. The summed E-state index contributed by atoms with van der Waals surface area (Å²) in [5.41, 5.74) is 7.75. The van der Waals surface area contributed by atoms with Gasteiger partial charge in [-0.15, -0.1) is 11.3 Å². The van der Waals surface area contributed by atoms with Crippen LogP contribution >= 0.6 is 27.3 Å². The summed E-state index contributed by atoms with van der Waals surface area (Å²) >= 11 is 5.20. The molecule has 1 aromatic carbocycles. The molecule has 2 aromatic rings. The number of nitrogen functional groups attached to an aromatic ring is 1. The second-order valence-electron chi connectivity index (χ2n) is 3.58. The topological polar surface area (TPSA) is 38.0 Å². The fraction of sp³-hybridized carbons (Fsp3) is 0.167. The molecule has 1 heterocycles. The van der Waals surface area contributed by atoms with Gasteiger partial charge >= 0.3 is 0 Å². The number of benzene rings is 1. The molecule has 0 aliphatic carbocycles. The van der Waals surface area contributed by atoms with E-state index in [0.29, 0.717) is 0 Å². The van der Waals surface area contributed by atoms with Crippen molar-refractivity contribution >= 4 is 33.0 Å². The van der Waals surface area contributed by atoms with Crippen LogP contribution in [-0.2, 0) is 13.1 Å². The maximum Gasteiger partial charge on any atom is 0.0317 e. The van der Waals surface area contributed by atoms with Gasteiger partial charge in [0.2, 0.25) is 0 Å². The molecule has 3 N–H and O–H groups in total. The van der Waals surface area contributed by atoms with Crippen molar-refractivity contribution in [2.24, 2.45) is 0 Å². The van der Waals surface area contributed by atoms with Gasteiger partial charge in [-0.1, -0.05) is 12.1 Å². The molecule has 0 bridgehead atoms. The lowest BCUT2D eigenvalue weighted by atomic mass is 10.2. The first kappa shape index (κ1) is 11.6. The van der Waals surface area contributed by atoms with Crippen LogP contribution in [0.1, 0.15) is 10.4 Å². The second-order valence-corrected chi connectivity index (χ2v) is 5.49. The number of thiophene rings is 1. The molecule has 84 valence electrons. The van der Waals surface area contributed by atoms with Crippen molar-refractivity contribution in [2.75, 3.05) is 5.73 Å². The van der Waals surface area contributed by atoms with Crippen LogP contribution in [0.15, 0.2) is 40.2 Å². The molecular formula is C12H13BrN2S. The molecule has 0 saturated heterocycles. The normalized spacial score (nSPS) is 10.6. The highest BCUT2D eigenvalue weighted by Gasteiger charge is 1.97. The van der Waals surface area contributed by atoms with E-state index in [2.05, 4.69) is 38.8 Å². The third-order valence-electron chi connectivity index (χ3n) is 2.20. The molecule has 0 unspecified atom stereocenters. The highest BCUT2D eigenvalue weighted by Crippen LogP contribution is 2.19. The summed E-state index contributed by atoms with van der Waals surface area (Å²) in [7, 11) is 0. The summed E-state index contributed by atoms with van der Waals surface area (Å²) in [5.74, 6) is 0. The molecule has 0 aliphatic heterocycles. The first-order valence-corrected chi connectivity index (χ1v) is 6.69. The molecule has 0 amide bonds. The summed E-state index contributed by atoms with van der Waals surface area (Å²) in [4.78, 5) is 1.33. The van der Waals surface area contributed by atoms with Crippen LogP contribution in [0.5, 0.6) is 0 Å². The molecule has 4 heteroatoms. The molecule has 2 rings (SSSR count). The summed E-state index contributed by atoms with van der Waals surface area (Å²) in [6.07, 6.45) is 0. The maximum atomic E-state index is 5.71. The van der Waals surface area contributed by atoms with Gasteiger partial charge < -0.3 is 11.1 Å². The van der Waals surface area contributed by atoms with Crippen molar-refractivity contribution in [1.29, 1.82) is 0 Å². The van der Waals surface area contributed by atoms with E-state index in [1.165, 1.54) is 10.4 Å². The van der Waals surface area contributed by atoms with Crippen molar-refractivity contribution in [3.8, 4) is 0 Å². The lowest BCUT2D eigenvalue weighted by molar-refractivity contribution is 0.701. The van der Waals surface area contributed by atoms with Gasteiger partial charge in [-0.2, -0.15) is 0 Å². The minimum absolute atomic E-state index is 0.818. The van der Waals surface area contributed by atoms with Crippen molar-refractivity contribution in [3.05, 3.63) is 50.6 Å². The predicted octanol–water partition coefficient (Wildman–Crippen LogP) is 3.38. The Morgan fingerprint density at radius 2 is 2.12 bits per heavy atom. The first-order chi connectivity index (χ1) is 7.74. The van der Waals surface area contributed by atoms with Gasteiger partial charge in [0.15, 0.2) is 0 Å². The Bertz CT molecular complexity index is 468. The lowest BCUT2D eigenvalue weighted by Gasteiger charge is -2.04. The van der Waals surface area contributed by atoms with E-state index >= 15 is 0 Å². The van der Waals surface area contributed by atoms with Gasteiger partial charge in [-0.05, 0) is 39.7 Å². The molecule has 0 aliphatic rings. The zero-order valence-corrected chi connectivity index (χ0v) is 11.1. The molecule has 0 radical (unpaired) electrons. The van der Waals surface area contributed by atoms with Crippen LogP contribution < -0.4 is 11.1 Å². The van der Waals surface area contributed by atoms with Gasteiger partial charge in [0.1, 0.15) is 0 Å². The van der Waals surface area contributed by atoms with Gasteiger partial charge in [-0.3, -0.25) is 0 Å². The van der Waals surface area contributed by atoms with Crippen LogP contribution in [0.4, 0.5) is 5.69 Å². The van der Waals surface area contributed by atoms with Crippen molar-refractivity contribution in [3.63, 3.8) is 0 Å². The van der Waals surface area contributed by atoms with Gasteiger partial charge in [0, 0.05) is 33.5 Å². The van der Waals surface area contributed by atoms with Crippen molar-refractivity contribution < 1.29 is 0 Å². The lowest BCUT2D eigenvalue weighted by Crippen LogP contribution is -2.11. The van der Waals surface area contributed by atoms with Gasteiger partial charge in [-0.25, -0.2) is 0 Å². The Hall–Kier alpha value is -0.840. The Kier molecular flexibility index (Phi) is 3.98. The zero-order chi connectivity index (χ0) is 11.4. The number of anilines is 1. The summed E-state index contributed by atoms with van der Waals surface area (Å²) in [6, 6.07) is 10.1. The Labute approximate surface area is 108 Å². The average Bonchev–Trinajstić information content (AvgIpc) is 2.64. The fourth-order valence-corrected chi connectivity index (χ4v) is 2.90. The molecule has 0 atom stereocenters. The summed E-state index contributed by atoms with van der Waals surface area (Å²) < 4.78 is 1.15. The van der Waals surface area contributed by atoms with E-state index in [-0.39, 0.29) is 0 Å². The van der Waals surface area contributed by atoms with E-state index in [1.54, 1.807) is 11.3 Å². The van der Waals surface area contributed by atoms with Gasteiger partial charge in [0.05, 0.1) is 0 Å². The highest BCUT2D eigenvalue weighted by atomic mass is 79.9. The summed E-state index contributed by atoms with van der Waals surface area (Å²) in [5, 5.41) is 5.49. The standard InChI is InChI=1S/C12H13BrN2S/c13-10-5-12(16-8-10)7-15-6-9-2-1-3-11(14)4-9/h1-5,8,15H,6-7,14H2. The monoisotopic (exact) mass is 296 g/mol. The molecular weight excluding hydrogens is 284 g/mol. The van der Waals surface area contributed by atoms with E-state index in [0.717, 1.165) is 23.2 Å². The van der Waals surface area contributed by atoms with E-state index in [4.69, 9.17) is 5.73 Å². The number of hydrogen-bond acceptors (Lipinski definition) is 3. The number of hydrogen-bond donors (Lipinski definition) is 2. The molecule has 16 heavy (non-hydrogen) atoms. The summed E-state index contributed by atoms with van der Waals surface area (Å²) in [6.45, 7) is 1.74. The highest BCUT2D eigenvalue weighted by molar-refractivity contribution is 9.10. The van der Waals surface area contributed by atoms with Crippen LogP contribution in [0.2, 0.25) is 0 Å². The average molecular weight is 297 g/mol. The van der Waals surface area contributed by atoms with Crippen LogP contribution in [0.25, 0.3) is 0 Å². The molecule has 0 fully saturated rings. The number of halogens is 1. The Morgan fingerprint density at radius 3 is 2.81 bits per heavy atom. The van der Waals surface area contributed by atoms with Crippen molar-refractivity contribution in [2.45, 2.75) is 13.1 Å². The molecule has 0 saturated carbocycles. The Morgan fingerprint density at radius 1 is 1.25 bits per heavy atom. The smallest absolute Gasteiger partial charge is 0.0317 e. The maximum absolute atomic E-state index is 5.71. The fourth-order valence-electron chi connectivity index (χ4n) is 1.48. The first-order valence-electron chi connectivity index (χ1n) is 5.02. The number of rotatable bonds is 4. The van der Waals surface area contributed by atoms with Crippen molar-refractivity contribution in [1.82, 2.24) is 5.32 Å². The molecule has 2 nitrogen and oxygen atoms in total. The SMILES string of the molecule is Nc1cccc(CNCc2cc(Br)cs2)c1. The molecule has 0 spiro atoms. The largest absolute Gasteiger partial charge is 0.399 e. The quantitative estimate of drug-likeness (QED) is 0.849. The third-order valence-corrected chi connectivity index (χ3v) is 3.90.